The topological polar surface area (TPSA) is 68.5 Å². The van der Waals surface area contributed by atoms with E-state index in [0.29, 0.717) is 41.7 Å². The first-order valence-electron chi connectivity index (χ1n) is 8.38. The van der Waals surface area contributed by atoms with E-state index in [1.807, 2.05) is 0 Å². The number of Topliss-reactive ketones (excluding diaryl/α,β-unsaturated/α-hetero) is 1. The first kappa shape index (κ1) is 18.1. The molecule has 0 saturated heterocycles. The lowest BCUT2D eigenvalue weighted by Gasteiger charge is -2.17. The van der Waals surface area contributed by atoms with Crippen LogP contribution < -0.4 is 10.1 Å². The normalized spacial score (nSPS) is 14.9. The fraction of sp³-hybridized carbons (Fsp3) is 0.368. The third kappa shape index (κ3) is 3.47. The maximum absolute atomic E-state index is 12.6. The molecule has 1 aliphatic carbocycles. The maximum Gasteiger partial charge on any atom is 0.387 e. The second kappa shape index (κ2) is 7.27. The Morgan fingerprint density at radius 2 is 2.00 bits per heavy atom. The van der Waals surface area contributed by atoms with E-state index in [4.69, 9.17) is 4.42 Å². The number of hydrogen-bond donors (Lipinski definition) is 1. The summed E-state index contributed by atoms with van der Waals surface area (Å²) in [5.74, 6) is 0.114. The molecule has 0 radical (unpaired) electrons. The molecule has 2 aromatic rings. The van der Waals surface area contributed by atoms with Crippen molar-refractivity contribution in [3.05, 3.63) is 52.5 Å². The summed E-state index contributed by atoms with van der Waals surface area (Å²) in [5, 5.41) is 2.72. The number of hydrogen-bond acceptors (Lipinski definition) is 4. The molecule has 26 heavy (non-hydrogen) atoms. The quantitative estimate of drug-likeness (QED) is 0.864. The first-order valence-corrected chi connectivity index (χ1v) is 8.38. The van der Waals surface area contributed by atoms with E-state index in [-0.39, 0.29) is 17.3 Å². The van der Waals surface area contributed by atoms with Crippen LogP contribution in [0.25, 0.3) is 0 Å². The van der Waals surface area contributed by atoms with Gasteiger partial charge in [-0.3, -0.25) is 9.59 Å². The zero-order valence-electron chi connectivity index (χ0n) is 14.5. The van der Waals surface area contributed by atoms with Crippen molar-refractivity contribution in [1.29, 1.82) is 0 Å². The number of para-hydroxylation sites is 1. The summed E-state index contributed by atoms with van der Waals surface area (Å²) >= 11 is 0. The van der Waals surface area contributed by atoms with Gasteiger partial charge < -0.3 is 14.5 Å². The zero-order chi connectivity index (χ0) is 18.8. The monoisotopic (exact) mass is 363 g/mol. The number of halogens is 2. The number of ether oxygens (including phenoxy) is 1. The fourth-order valence-corrected chi connectivity index (χ4v) is 3.25. The number of aryl methyl sites for hydroxylation is 1. The largest absolute Gasteiger partial charge is 0.455 e. The van der Waals surface area contributed by atoms with E-state index in [1.54, 1.807) is 32.0 Å². The molecule has 0 saturated carbocycles. The van der Waals surface area contributed by atoms with Crippen molar-refractivity contribution >= 4 is 11.7 Å². The molecule has 0 spiro atoms. The predicted molar refractivity (Wildman–Crippen MR) is 89.7 cm³/mol. The van der Waals surface area contributed by atoms with Crippen LogP contribution in [0.4, 0.5) is 8.78 Å². The summed E-state index contributed by atoms with van der Waals surface area (Å²) in [6.07, 6.45) is 1.77. The highest BCUT2D eigenvalue weighted by Gasteiger charge is 2.29. The van der Waals surface area contributed by atoms with Gasteiger partial charge in [-0.05, 0) is 26.3 Å². The van der Waals surface area contributed by atoms with Gasteiger partial charge in [0.05, 0.1) is 11.6 Å². The number of fused-ring (bicyclic) bond motifs is 1. The van der Waals surface area contributed by atoms with Gasteiger partial charge >= 0.3 is 6.61 Å². The Morgan fingerprint density at radius 1 is 1.27 bits per heavy atom. The Balaban J connectivity index is 1.82. The van der Waals surface area contributed by atoms with Gasteiger partial charge in [0.1, 0.15) is 11.5 Å². The number of carbonyl (C=O) groups is 2. The standard InChI is InChI=1S/C19H19F2NO4/c1-10-16-13(23)7-5-9-15(16)25-17(10)18(24)22-11(2)12-6-3-4-8-14(12)26-19(20)21/h3-4,6,8,11,19H,5,7,9H2,1-2H3,(H,22,24)/t11-/m1/s1. The highest BCUT2D eigenvalue weighted by molar-refractivity contribution is 6.03. The van der Waals surface area contributed by atoms with Crippen molar-refractivity contribution in [2.75, 3.05) is 0 Å². The second-order valence-electron chi connectivity index (χ2n) is 6.24. The molecule has 1 aliphatic rings. The summed E-state index contributed by atoms with van der Waals surface area (Å²) in [7, 11) is 0. The number of furan rings is 1. The molecule has 0 bridgehead atoms. The van der Waals surface area contributed by atoms with Gasteiger partial charge in [-0.25, -0.2) is 0 Å². The lowest BCUT2D eigenvalue weighted by atomic mass is 9.94. The van der Waals surface area contributed by atoms with Crippen LogP contribution in [-0.2, 0) is 6.42 Å². The minimum atomic E-state index is -2.95. The lowest BCUT2D eigenvalue weighted by Crippen LogP contribution is -2.27. The molecule has 1 heterocycles. The van der Waals surface area contributed by atoms with Crippen LogP contribution in [0.5, 0.6) is 5.75 Å². The maximum atomic E-state index is 12.6. The number of benzene rings is 1. The first-order chi connectivity index (χ1) is 12.4. The SMILES string of the molecule is Cc1c(C(=O)N[C@H](C)c2ccccc2OC(F)F)oc2c1C(=O)CCC2. The van der Waals surface area contributed by atoms with E-state index in [9.17, 15) is 18.4 Å². The number of carbonyl (C=O) groups excluding carboxylic acids is 2. The number of amides is 1. The van der Waals surface area contributed by atoms with Crippen LogP contribution in [0.15, 0.2) is 28.7 Å². The minimum Gasteiger partial charge on any atom is -0.455 e. The smallest absolute Gasteiger partial charge is 0.387 e. The minimum absolute atomic E-state index is 0.000869. The number of rotatable bonds is 5. The van der Waals surface area contributed by atoms with Crippen molar-refractivity contribution in [3.63, 3.8) is 0 Å². The number of alkyl halides is 2. The highest BCUT2D eigenvalue weighted by atomic mass is 19.3. The predicted octanol–water partition coefficient (Wildman–Crippen LogP) is 4.20. The Bertz CT molecular complexity index is 844. The molecule has 0 aliphatic heterocycles. The fourth-order valence-electron chi connectivity index (χ4n) is 3.25. The van der Waals surface area contributed by atoms with Gasteiger partial charge in [0, 0.05) is 24.0 Å². The summed E-state index contributed by atoms with van der Waals surface area (Å²) in [4.78, 5) is 24.7. The van der Waals surface area contributed by atoms with Crippen LogP contribution in [0.1, 0.15) is 63.6 Å². The van der Waals surface area contributed by atoms with Crippen LogP contribution >= 0.6 is 0 Å². The Labute approximate surface area is 149 Å². The van der Waals surface area contributed by atoms with E-state index in [0.717, 1.165) is 0 Å². The van der Waals surface area contributed by atoms with Crippen LogP contribution in [0.2, 0.25) is 0 Å². The van der Waals surface area contributed by atoms with Gasteiger partial charge in [-0.2, -0.15) is 8.78 Å². The highest BCUT2D eigenvalue weighted by Crippen LogP contribution is 2.30. The molecule has 0 fully saturated rings. The van der Waals surface area contributed by atoms with E-state index in [1.165, 1.54) is 6.07 Å². The lowest BCUT2D eigenvalue weighted by molar-refractivity contribution is -0.0506. The molecule has 1 atom stereocenters. The summed E-state index contributed by atoms with van der Waals surface area (Å²) in [5.41, 5.74) is 1.44. The van der Waals surface area contributed by atoms with E-state index < -0.39 is 18.6 Å². The summed E-state index contributed by atoms with van der Waals surface area (Å²) < 4.78 is 35.2. The van der Waals surface area contributed by atoms with Crippen LogP contribution in [0, 0.1) is 6.92 Å². The molecule has 3 rings (SSSR count). The van der Waals surface area contributed by atoms with Crippen molar-refractivity contribution < 1.29 is 27.5 Å². The molecule has 1 aromatic heterocycles. The number of nitrogens with one attached hydrogen (secondary N) is 1. The summed E-state index contributed by atoms with van der Waals surface area (Å²) in [6, 6.07) is 5.68. The molecule has 1 N–H and O–H groups in total. The van der Waals surface area contributed by atoms with Crippen LogP contribution in [-0.4, -0.2) is 18.3 Å². The summed E-state index contributed by atoms with van der Waals surface area (Å²) in [6.45, 7) is 0.387. The Kier molecular flexibility index (Phi) is 5.06. The van der Waals surface area contributed by atoms with Crippen LogP contribution in [0.3, 0.4) is 0 Å². The molecule has 0 unspecified atom stereocenters. The third-order valence-electron chi connectivity index (χ3n) is 4.46. The van der Waals surface area contributed by atoms with Crippen molar-refractivity contribution in [2.24, 2.45) is 0 Å². The van der Waals surface area contributed by atoms with Crippen molar-refractivity contribution in [1.82, 2.24) is 5.32 Å². The Morgan fingerprint density at radius 3 is 2.69 bits per heavy atom. The molecular formula is C19H19F2NO4. The second-order valence-corrected chi connectivity index (χ2v) is 6.24. The average molecular weight is 363 g/mol. The molecule has 1 aromatic carbocycles. The number of ketones is 1. The molecule has 7 heteroatoms. The van der Waals surface area contributed by atoms with E-state index in [2.05, 4.69) is 10.1 Å². The third-order valence-corrected chi connectivity index (χ3v) is 4.46. The van der Waals surface area contributed by atoms with Gasteiger partial charge in [-0.15, -0.1) is 0 Å². The van der Waals surface area contributed by atoms with Gasteiger partial charge in [0.2, 0.25) is 0 Å². The van der Waals surface area contributed by atoms with Crippen molar-refractivity contribution in [3.8, 4) is 5.75 Å². The van der Waals surface area contributed by atoms with Gasteiger partial charge in [-0.1, -0.05) is 18.2 Å². The Hall–Kier alpha value is -2.70. The molecule has 1 amide bonds. The molecule has 5 nitrogen and oxygen atoms in total. The van der Waals surface area contributed by atoms with E-state index >= 15 is 0 Å². The van der Waals surface area contributed by atoms with Crippen molar-refractivity contribution in [2.45, 2.75) is 45.8 Å². The van der Waals surface area contributed by atoms with Gasteiger partial charge in [0.25, 0.3) is 5.91 Å². The average Bonchev–Trinajstić information content (AvgIpc) is 2.93. The molecule has 138 valence electrons. The zero-order valence-corrected chi connectivity index (χ0v) is 14.5. The molecular weight excluding hydrogens is 344 g/mol. The van der Waals surface area contributed by atoms with Gasteiger partial charge in [0.15, 0.2) is 11.5 Å².